The Balaban J connectivity index is 1.01. The molecular formula is C41H55FN7O4SSi. The first-order chi connectivity index (χ1) is 26.3. The van der Waals surface area contributed by atoms with E-state index in [2.05, 4.69) is 42.9 Å². The summed E-state index contributed by atoms with van der Waals surface area (Å²) in [4.78, 5) is 40.6. The Morgan fingerprint density at radius 3 is 2.49 bits per heavy atom. The highest BCUT2D eigenvalue weighted by molar-refractivity contribution is 7.99. The molecule has 3 aromatic rings. The molecule has 3 fully saturated rings. The summed E-state index contributed by atoms with van der Waals surface area (Å²) in [5.74, 6) is 0.0420. The van der Waals surface area contributed by atoms with Gasteiger partial charge in [0, 0.05) is 64.0 Å². The number of nitrogens with one attached hydrogen (secondary N) is 3. The third-order valence-corrected chi connectivity index (χ3v) is 12.0. The number of amides is 2. The van der Waals surface area contributed by atoms with Crippen LogP contribution in [0.1, 0.15) is 83.5 Å². The van der Waals surface area contributed by atoms with E-state index in [1.165, 1.54) is 30.7 Å². The van der Waals surface area contributed by atoms with Crippen molar-refractivity contribution in [2.75, 3.05) is 54.4 Å². The molecule has 3 aliphatic rings. The summed E-state index contributed by atoms with van der Waals surface area (Å²) in [6.07, 6.45) is 8.90. The van der Waals surface area contributed by atoms with Crippen molar-refractivity contribution >= 4 is 51.2 Å². The van der Waals surface area contributed by atoms with Crippen LogP contribution in [0.5, 0.6) is 0 Å². The summed E-state index contributed by atoms with van der Waals surface area (Å²) in [6.45, 7) is 14.5. The van der Waals surface area contributed by atoms with Crippen LogP contribution in [0.3, 0.4) is 0 Å². The molecule has 1 unspecified atom stereocenters. The Morgan fingerprint density at radius 2 is 1.84 bits per heavy atom. The van der Waals surface area contributed by atoms with E-state index in [4.69, 9.17) is 19.4 Å². The molecule has 3 aliphatic heterocycles. The molecule has 3 N–H and O–H groups in total. The highest BCUT2D eigenvalue weighted by Gasteiger charge is 2.52. The van der Waals surface area contributed by atoms with Gasteiger partial charge in [0.15, 0.2) is 0 Å². The quantitative estimate of drug-likeness (QED) is 0.128. The van der Waals surface area contributed by atoms with Crippen molar-refractivity contribution < 1.29 is 23.5 Å². The third kappa shape index (κ3) is 10.6. The monoisotopic (exact) mass is 788 g/mol. The highest BCUT2D eigenvalue weighted by Crippen LogP contribution is 2.45. The van der Waals surface area contributed by atoms with Crippen molar-refractivity contribution in [3.8, 4) is 0 Å². The normalized spacial score (nSPS) is 20.7. The Kier molecular flexibility index (Phi) is 13.4. The average molecular weight is 789 g/mol. The number of halogens is 1. The molecule has 2 aromatic carbocycles. The molecule has 295 valence electrons. The first-order valence-corrected chi connectivity index (χ1v) is 21.0. The Hall–Kier alpha value is -3.72. The minimum absolute atomic E-state index is 0.0586. The van der Waals surface area contributed by atoms with Gasteiger partial charge in [-0.15, -0.1) is 0 Å². The predicted octanol–water partition coefficient (Wildman–Crippen LogP) is 7.23. The second-order valence-electron chi connectivity index (χ2n) is 16.1. The first kappa shape index (κ1) is 40.9. The van der Waals surface area contributed by atoms with Gasteiger partial charge in [-0.3, -0.25) is 4.79 Å². The van der Waals surface area contributed by atoms with E-state index in [1.807, 2.05) is 52.0 Å². The summed E-state index contributed by atoms with van der Waals surface area (Å²) >= 11 is 1.45. The summed E-state index contributed by atoms with van der Waals surface area (Å²) in [5.41, 5.74) is 0.687. The Morgan fingerprint density at radius 1 is 1.07 bits per heavy atom. The number of alkyl carbamates (subject to hydrolysis) is 1. The van der Waals surface area contributed by atoms with Crippen LogP contribution in [-0.4, -0.2) is 95.3 Å². The molecule has 3 atom stereocenters. The number of piperidine rings is 2. The first-order valence-electron chi connectivity index (χ1n) is 19.6. The Labute approximate surface area is 332 Å². The summed E-state index contributed by atoms with van der Waals surface area (Å²) in [7, 11) is 3.75. The molecule has 3 radical (unpaired) electrons. The SMILES string of the molecule is CCCCNC1CCN(c2ccc(C(=O)Nc3cccc(Sc4cnc(N5CCC6(CC5)COC([C@H](C)[Si])[C@H]6NC(=O)OC(C)(C)C)cn4)c3)cc2F)CC1. The van der Waals surface area contributed by atoms with E-state index in [9.17, 15) is 9.59 Å². The van der Waals surface area contributed by atoms with Gasteiger partial charge in [0.05, 0.1) is 36.8 Å². The number of unbranched alkanes of at least 4 members (excludes halogenated alkanes) is 1. The van der Waals surface area contributed by atoms with Gasteiger partial charge in [0.25, 0.3) is 5.91 Å². The lowest BCUT2D eigenvalue weighted by molar-refractivity contribution is 0.0423. The number of rotatable bonds is 12. The van der Waals surface area contributed by atoms with Gasteiger partial charge in [-0.2, -0.15) is 0 Å². The minimum atomic E-state index is -0.588. The molecule has 11 nitrogen and oxygen atoms in total. The number of carbonyl (C=O) groups excluding carboxylic acids is 2. The number of anilines is 3. The van der Waals surface area contributed by atoms with Crippen molar-refractivity contribution in [1.82, 2.24) is 20.6 Å². The molecule has 1 spiro atoms. The predicted molar refractivity (Wildman–Crippen MR) is 217 cm³/mol. The lowest BCUT2D eigenvalue weighted by Crippen LogP contribution is -2.56. The number of hydrogen-bond acceptors (Lipinski definition) is 10. The molecule has 0 bridgehead atoms. The smallest absolute Gasteiger partial charge is 0.407 e. The second-order valence-corrected chi connectivity index (χ2v) is 18.1. The van der Waals surface area contributed by atoms with Crippen molar-refractivity contribution in [2.45, 2.75) is 112 Å². The fourth-order valence-corrected chi connectivity index (χ4v) is 8.81. The number of hydrogen-bond donors (Lipinski definition) is 3. The summed E-state index contributed by atoms with van der Waals surface area (Å²) in [5, 5.41) is 10.4. The molecule has 0 aliphatic carbocycles. The van der Waals surface area contributed by atoms with E-state index in [0.29, 0.717) is 24.0 Å². The molecule has 3 saturated heterocycles. The van der Waals surface area contributed by atoms with E-state index < -0.39 is 11.7 Å². The van der Waals surface area contributed by atoms with Gasteiger partial charge < -0.3 is 35.2 Å². The number of carbonyl (C=O) groups is 2. The van der Waals surface area contributed by atoms with E-state index in [0.717, 1.165) is 74.1 Å². The largest absolute Gasteiger partial charge is 0.444 e. The topological polar surface area (TPSA) is 121 Å². The van der Waals surface area contributed by atoms with Crippen molar-refractivity contribution in [1.29, 1.82) is 0 Å². The number of nitrogens with zero attached hydrogens (tertiary/aromatic N) is 4. The molecule has 6 rings (SSSR count). The van der Waals surface area contributed by atoms with Gasteiger partial charge in [-0.25, -0.2) is 19.2 Å². The maximum absolute atomic E-state index is 15.3. The van der Waals surface area contributed by atoms with Crippen LogP contribution in [0.4, 0.5) is 26.4 Å². The fourth-order valence-electron chi connectivity index (χ4n) is 7.73. The van der Waals surface area contributed by atoms with Gasteiger partial charge in [-0.05, 0) is 101 Å². The molecule has 55 heavy (non-hydrogen) atoms. The second kappa shape index (κ2) is 18.0. The third-order valence-electron chi connectivity index (χ3n) is 10.7. The number of aromatic nitrogens is 2. The fraction of sp³-hybridized carbons (Fsp3) is 0.561. The van der Waals surface area contributed by atoms with Crippen LogP contribution in [0.15, 0.2) is 64.8 Å². The number of benzene rings is 2. The maximum Gasteiger partial charge on any atom is 0.407 e. The summed E-state index contributed by atoms with van der Waals surface area (Å²) < 4.78 is 27.1. The van der Waals surface area contributed by atoms with Crippen molar-refractivity contribution in [3.05, 3.63) is 66.2 Å². The zero-order chi connectivity index (χ0) is 39.2. The van der Waals surface area contributed by atoms with E-state index >= 15 is 4.39 Å². The lowest BCUT2D eigenvalue weighted by Gasteiger charge is -2.43. The van der Waals surface area contributed by atoms with Crippen LogP contribution < -0.4 is 25.8 Å². The van der Waals surface area contributed by atoms with Crippen LogP contribution >= 0.6 is 11.8 Å². The zero-order valence-electron chi connectivity index (χ0n) is 32.7. The van der Waals surface area contributed by atoms with Crippen LogP contribution in [-0.2, 0) is 9.47 Å². The van der Waals surface area contributed by atoms with E-state index in [-0.39, 0.29) is 40.4 Å². The lowest BCUT2D eigenvalue weighted by atomic mass is 9.72. The average Bonchev–Trinajstić information content (AvgIpc) is 3.48. The van der Waals surface area contributed by atoms with Crippen molar-refractivity contribution in [2.24, 2.45) is 5.41 Å². The minimum Gasteiger partial charge on any atom is -0.444 e. The molecule has 14 heteroatoms. The molecule has 4 heterocycles. The number of ether oxygens (including phenoxy) is 2. The zero-order valence-corrected chi connectivity index (χ0v) is 34.5. The summed E-state index contributed by atoms with van der Waals surface area (Å²) in [6, 6.07) is 12.5. The highest BCUT2D eigenvalue weighted by atomic mass is 32.2. The van der Waals surface area contributed by atoms with Crippen LogP contribution in [0, 0.1) is 11.2 Å². The molecule has 0 saturated carbocycles. The van der Waals surface area contributed by atoms with Crippen LogP contribution in [0.25, 0.3) is 0 Å². The van der Waals surface area contributed by atoms with Gasteiger partial charge in [0.2, 0.25) is 0 Å². The van der Waals surface area contributed by atoms with Gasteiger partial charge in [0.1, 0.15) is 22.3 Å². The van der Waals surface area contributed by atoms with Crippen molar-refractivity contribution in [3.63, 3.8) is 0 Å². The molecule has 1 aromatic heterocycles. The molecule has 2 amide bonds. The standard InChI is InChI=1S/C41H55FN7O4SSi/c1-6-7-17-43-29-13-18-48(19-14-29)33-12-11-28(22-32(33)42)38(50)46-30-9-8-10-31(23-30)54-35-25-44-34(24-45-35)49-20-15-41(16-21-49)26-52-36(27(2)55)37(41)47-39(51)53-40(3,4)5/h8-12,22-25,27,29,36-37,43H,6-7,13-21,26H2,1-5H3,(H,46,50)(H,47,51)/t27-,36?,37+/m0/s1. The maximum atomic E-state index is 15.3. The Bertz CT molecular complexity index is 1760. The van der Waals surface area contributed by atoms with Gasteiger partial charge in [-0.1, -0.05) is 38.1 Å². The van der Waals surface area contributed by atoms with Crippen LogP contribution in [0.2, 0.25) is 5.54 Å². The molecular weight excluding hydrogens is 734 g/mol. The van der Waals surface area contributed by atoms with Gasteiger partial charge >= 0.3 is 6.09 Å². The van der Waals surface area contributed by atoms with E-state index in [1.54, 1.807) is 24.5 Å².